The number of hydrogen-bond donors (Lipinski definition) is 5. The molecule has 0 bridgehead atoms. The molecule has 0 aliphatic rings. The van der Waals surface area contributed by atoms with E-state index in [1.807, 2.05) is 30.3 Å². The first kappa shape index (κ1) is 34.0. The first-order valence-corrected chi connectivity index (χ1v) is 14.3. The molecule has 45 heavy (non-hydrogen) atoms. The number of nitrogens with two attached hydrogens (primary N) is 3. The number of amides is 4. The van der Waals surface area contributed by atoms with Gasteiger partial charge in [-0.25, -0.2) is 4.79 Å². The molecule has 0 aliphatic carbocycles. The van der Waals surface area contributed by atoms with E-state index in [0.29, 0.717) is 10.5 Å². The molecule has 4 amide bonds. The number of aliphatic imine (C=N–C) groups is 1. The molecular weight excluding hydrogens is 576 g/mol. The van der Waals surface area contributed by atoms with Crippen molar-refractivity contribution >= 4 is 35.9 Å². The van der Waals surface area contributed by atoms with Crippen molar-refractivity contribution in [3.63, 3.8) is 0 Å². The third-order valence-corrected chi connectivity index (χ3v) is 6.61. The second-order valence-corrected chi connectivity index (χ2v) is 10.3. The van der Waals surface area contributed by atoms with Gasteiger partial charge in [0.25, 0.3) is 11.8 Å². The molecule has 0 saturated heterocycles. The fourth-order valence-corrected chi connectivity index (χ4v) is 4.26. The molecule has 0 fully saturated rings. The molecule has 3 aromatic carbocycles. The number of imide groups is 3. The number of ether oxygens (including phenoxy) is 1. The topological polar surface area (TPSA) is 203 Å². The summed E-state index contributed by atoms with van der Waals surface area (Å²) in [5.41, 5.74) is 19.5. The minimum Gasteiger partial charge on any atom is -0.507 e. The van der Waals surface area contributed by atoms with Crippen LogP contribution >= 0.6 is 0 Å². The summed E-state index contributed by atoms with van der Waals surface area (Å²) in [7, 11) is 0. The van der Waals surface area contributed by atoms with Crippen molar-refractivity contribution in [2.75, 3.05) is 6.54 Å². The molecule has 0 unspecified atom stereocenters. The van der Waals surface area contributed by atoms with Crippen LogP contribution in [0.25, 0.3) is 6.08 Å². The fraction of sp³-hybridized carbons (Fsp3) is 0.242. The predicted octanol–water partition coefficient (Wildman–Crippen LogP) is 2.51. The van der Waals surface area contributed by atoms with Crippen LogP contribution < -0.4 is 22.5 Å². The van der Waals surface area contributed by atoms with Gasteiger partial charge in [-0.05, 0) is 55.0 Å². The number of hydrogen-bond acceptors (Lipinski definition) is 8. The number of carbonyl (C=O) groups is 4. The van der Waals surface area contributed by atoms with Gasteiger partial charge in [-0.15, -0.1) is 0 Å². The van der Waals surface area contributed by atoms with Crippen LogP contribution in [0.15, 0.2) is 89.9 Å². The number of aryl methyl sites for hydroxylation is 1. The quantitative estimate of drug-likeness (QED) is 0.0829. The Morgan fingerprint density at radius 2 is 1.62 bits per heavy atom. The van der Waals surface area contributed by atoms with Crippen LogP contribution in [-0.2, 0) is 32.1 Å². The molecule has 12 heteroatoms. The maximum atomic E-state index is 13.9. The lowest BCUT2D eigenvalue weighted by atomic mass is 10.0. The Bertz CT molecular complexity index is 1520. The van der Waals surface area contributed by atoms with E-state index in [4.69, 9.17) is 21.9 Å². The van der Waals surface area contributed by atoms with Crippen LogP contribution in [0.3, 0.4) is 0 Å². The second kappa shape index (κ2) is 17.0. The molecule has 0 radical (unpaired) electrons. The highest BCUT2D eigenvalue weighted by Gasteiger charge is 2.35. The normalized spacial score (nSPS) is 12.1. The maximum absolute atomic E-state index is 13.9. The van der Waals surface area contributed by atoms with Crippen LogP contribution in [-0.4, -0.2) is 58.4 Å². The van der Waals surface area contributed by atoms with Crippen molar-refractivity contribution in [2.24, 2.45) is 22.2 Å². The van der Waals surface area contributed by atoms with Crippen LogP contribution in [0.5, 0.6) is 5.75 Å². The van der Waals surface area contributed by atoms with Gasteiger partial charge in [-0.3, -0.25) is 19.4 Å². The second-order valence-electron chi connectivity index (χ2n) is 10.3. The third-order valence-electron chi connectivity index (χ3n) is 6.61. The standard InChI is InChI=1S/C33H38N6O6/c1-22-14-15-25(28(40)19-22)16-17-29(41)39(33(44)45-21-24-11-6-3-7-12-24)31(43)27(13-8-18-37-32(35)36)38-30(42)26(34)20-23-9-4-2-5-10-23/h2-7,9-12,14-17,19,26-27,40H,8,13,18,20-21,34H2,1H3,(H,38,42)(H4,35,36,37)/b17-16-/t26-,27-/m0/s1. The molecule has 0 aliphatic heterocycles. The largest absolute Gasteiger partial charge is 0.507 e. The lowest BCUT2D eigenvalue weighted by molar-refractivity contribution is -0.143. The highest BCUT2D eigenvalue weighted by atomic mass is 16.6. The molecule has 3 aromatic rings. The van der Waals surface area contributed by atoms with Gasteiger partial charge >= 0.3 is 6.09 Å². The Kier molecular flexibility index (Phi) is 12.8. The Labute approximate surface area is 261 Å². The first-order valence-electron chi connectivity index (χ1n) is 14.3. The molecule has 236 valence electrons. The molecule has 0 saturated carbocycles. The minimum absolute atomic E-state index is 0.0301. The number of rotatable bonds is 13. The molecule has 0 spiro atoms. The highest BCUT2D eigenvalue weighted by molar-refractivity contribution is 6.15. The van der Waals surface area contributed by atoms with Gasteiger partial charge in [0.2, 0.25) is 5.91 Å². The van der Waals surface area contributed by atoms with Crippen LogP contribution in [0.1, 0.15) is 35.1 Å². The van der Waals surface area contributed by atoms with E-state index in [9.17, 15) is 24.3 Å². The molecule has 12 nitrogen and oxygen atoms in total. The number of phenols is 1. The lowest BCUT2D eigenvalue weighted by Gasteiger charge is -2.25. The lowest BCUT2D eigenvalue weighted by Crippen LogP contribution is -2.55. The predicted molar refractivity (Wildman–Crippen MR) is 170 cm³/mol. The molecule has 2 atom stereocenters. The Hall–Kier alpha value is -5.49. The van der Waals surface area contributed by atoms with Crippen molar-refractivity contribution in [3.8, 4) is 5.75 Å². The van der Waals surface area contributed by atoms with Gasteiger partial charge in [0.15, 0.2) is 5.96 Å². The van der Waals surface area contributed by atoms with Gasteiger partial charge in [0.1, 0.15) is 18.4 Å². The average Bonchev–Trinajstić information content (AvgIpc) is 3.01. The molecule has 8 N–H and O–H groups in total. The minimum atomic E-state index is -1.36. The van der Waals surface area contributed by atoms with E-state index in [2.05, 4.69) is 10.3 Å². The van der Waals surface area contributed by atoms with Crippen molar-refractivity contribution in [2.45, 2.75) is 44.9 Å². The van der Waals surface area contributed by atoms with Crippen LogP contribution in [0.4, 0.5) is 4.79 Å². The van der Waals surface area contributed by atoms with E-state index in [1.165, 1.54) is 12.1 Å². The number of benzene rings is 3. The van der Waals surface area contributed by atoms with Gasteiger partial charge < -0.3 is 32.4 Å². The summed E-state index contributed by atoms with van der Waals surface area (Å²) in [6.07, 6.45) is 1.36. The van der Waals surface area contributed by atoms with E-state index >= 15 is 0 Å². The fourth-order valence-electron chi connectivity index (χ4n) is 4.26. The zero-order valence-electron chi connectivity index (χ0n) is 25.0. The number of nitrogens with one attached hydrogen (secondary N) is 1. The summed E-state index contributed by atoms with van der Waals surface area (Å²) in [4.78, 5) is 57.9. The van der Waals surface area contributed by atoms with E-state index in [0.717, 1.165) is 17.2 Å². The van der Waals surface area contributed by atoms with Gasteiger partial charge in [-0.1, -0.05) is 72.8 Å². The van der Waals surface area contributed by atoms with Gasteiger partial charge in [0.05, 0.1) is 6.04 Å². The third kappa shape index (κ3) is 10.9. The molecule has 0 heterocycles. The zero-order chi connectivity index (χ0) is 32.8. The number of nitrogens with zero attached hydrogens (tertiary/aromatic N) is 2. The van der Waals surface area contributed by atoms with E-state index in [-0.39, 0.29) is 49.7 Å². The number of aromatic hydroxyl groups is 1. The Morgan fingerprint density at radius 1 is 0.978 bits per heavy atom. The number of carbonyl (C=O) groups excluding carboxylic acids is 4. The molecular formula is C33H38N6O6. The monoisotopic (exact) mass is 614 g/mol. The van der Waals surface area contributed by atoms with Crippen LogP contribution in [0, 0.1) is 6.92 Å². The number of guanidine groups is 1. The smallest absolute Gasteiger partial charge is 0.424 e. The SMILES string of the molecule is Cc1ccc(/C=C\C(=O)N(C(=O)OCc2ccccc2)C(=O)[C@H](CCCN=C(N)N)NC(=O)[C@@H](N)Cc2ccccc2)c(O)c1. The summed E-state index contributed by atoms with van der Waals surface area (Å²) in [5.74, 6) is -3.00. The maximum Gasteiger partial charge on any atom is 0.424 e. The highest BCUT2D eigenvalue weighted by Crippen LogP contribution is 2.20. The summed E-state index contributed by atoms with van der Waals surface area (Å²) in [5, 5.41) is 12.8. The first-order chi connectivity index (χ1) is 21.5. The van der Waals surface area contributed by atoms with Crippen molar-refractivity contribution in [1.82, 2.24) is 10.2 Å². The number of phenolic OH excluding ortho intramolecular Hbond substituents is 1. The summed E-state index contributed by atoms with van der Waals surface area (Å²) < 4.78 is 5.33. The van der Waals surface area contributed by atoms with Gasteiger partial charge in [0, 0.05) is 18.2 Å². The summed E-state index contributed by atoms with van der Waals surface area (Å²) in [6, 6.07) is 20.2. The summed E-state index contributed by atoms with van der Waals surface area (Å²) >= 11 is 0. The van der Waals surface area contributed by atoms with Crippen molar-refractivity contribution < 1.29 is 29.0 Å². The summed E-state index contributed by atoms with van der Waals surface area (Å²) in [6.45, 7) is 1.69. The van der Waals surface area contributed by atoms with Gasteiger partial charge in [-0.2, -0.15) is 4.90 Å². The Balaban J connectivity index is 1.88. The van der Waals surface area contributed by atoms with Crippen molar-refractivity contribution in [1.29, 1.82) is 0 Å². The van der Waals surface area contributed by atoms with Crippen molar-refractivity contribution in [3.05, 3.63) is 107 Å². The van der Waals surface area contributed by atoms with Crippen LogP contribution in [0.2, 0.25) is 0 Å². The average molecular weight is 615 g/mol. The molecule has 3 rings (SSSR count). The van der Waals surface area contributed by atoms with E-state index < -0.39 is 35.9 Å². The Morgan fingerprint density at radius 3 is 2.24 bits per heavy atom. The zero-order valence-corrected chi connectivity index (χ0v) is 25.0. The van der Waals surface area contributed by atoms with E-state index in [1.54, 1.807) is 49.4 Å². The molecule has 0 aromatic heterocycles.